The summed E-state index contributed by atoms with van der Waals surface area (Å²) in [6.45, 7) is 0.148. The lowest BCUT2D eigenvalue weighted by atomic mass is 9.92. The summed E-state index contributed by atoms with van der Waals surface area (Å²) in [5.41, 5.74) is -0.982. The van der Waals surface area contributed by atoms with Gasteiger partial charge in [-0.3, -0.25) is 0 Å². The molecule has 0 aromatic heterocycles. The maximum Gasteiger partial charge on any atom is 0.142 e. The second-order valence-corrected chi connectivity index (χ2v) is 3.18. The summed E-state index contributed by atoms with van der Waals surface area (Å²) in [5, 5.41) is 9.73. The lowest BCUT2D eigenvalue weighted by Gasteiger charge is -2.28. The van der Waals surface area contributed by atoms with Gasteiger partial charge < -0.3 is 19.3 Å². The highest BCUT2D eigenvalue weighted by molar-refractivity contribution is 6.11. The van der Waals surface area contributed by atoms with E-state index in [9.17, 15) is 5.11 Å². The molecule has 5 atom stereocenters. The van der Waals surface area contributed by atoms with Crippen LogP contribution in [-0.2, 0) is 14.2 Å². The molecule has 2 heterocycles. The Balaban J connectivity index is 2.01. The first-order valence-electron chi connectivity index (χ1n) is 4.90. The quantitative estimate of drug-likeness (QED) is 0.525. The molecule has 0 amide bonds. The van der Waals surface area contributed by atoms with Crippen LogP contribution in [0.1, 0.15) is 2.74 Å². The van der Waals surface area contributed by atoms with Crippen LogP contribution >= 0.6 is 0 Å². The fourth-order valence-corrected chi connectivity index (χ4v) is 1.73. The molecule has 2 radical (unpaired) electrons. The van der Waals surface area contributed by atoms with Gasteiger partial charge in [-0.1, -0.05) is 0 Å². The van der Waals surface area contributed by atoms with Gasteiger partial charge in [-0.2, -0.15) is 0 Å². The SMILES string of the molecule is [2H]C([3H])OC[C@@]12COC([C@H]([B])O1)[C@H]2O. The Kier molecular flexibility index (Phi) is 1.43. The minimum absolute atomic E-state index is 0.0456. The molecule has 2 saturated heterocycles. The van der Waals surface area contributed by atoms with Crippen LogP contribution < -0.4 is 0 Å². The number of ether oxygens (including phenoxy) is 3. The maximum absolute atomic E-state index is 9.73. The smallest absolute Gasteiger partial charge is 0.142 e. The second kappa shape index (κ2) is 2.70. The van der Waals surface area contributed by atoms with E-state index < -0.39 is 30.9 Å². The number of hydrogen-bond acceptors (Lipinski definition) is 4. The fourth-order valence-electron chi connectivity index (χ4n) is 1.73. The summed E-state index contributed by atoms with van der Waals surface area (Å²) in [6.07, 6.45) is -1.36. The van der Waals surface area contributed by atoms with Crippen molar-refractivity contribution in [2.75, 3.05) is 20.3 Å². The van der Waals surface area contributed by atoms with Crippen LogP contribution in [0.5, 0.6) is 0 Å². The van der Waals surface area contributed by atoms with Crippen LogP contribution in [0.15, 0.2) is 0 Å². The van der Waals surface area contributed by atoms with E-state index in [1.807, 2.05) is 0 Å². The Morgan fingerprint density at radius 3 is 3.42 bits per heavy atom. The van der Waals surface area contributed by atoms with Gasteiger partial charge in [-0.15, -0.1) is 0 Å². The Morgan fingerprint density at radius 2 is 2.92 bits per heavy atom. The Hall–Kier alpha value is -0.0951. The van der Waals surface area contributed by atoms with Crippen molar-refractivity contribution >= 4 is 7.85 Å². The van der Waals surface area contributed by atoms with Crippen molar-refractivity contribution in [3.8, 4) is 0 Å². The zero-order valence-electron chi connectivity index (χ0n) is 8.47. The third-order valence-corrected chi connectivity index (χ3v) is 2.39. The van der Waals surface area contributed by atoms with E-state index in [0.717, 1.165) is 0 Å². The van der Waals surface area contributed by atoms with Gasteiger partial charge in [0, 0.05) is 13.1 Å². The van der Waals surface area contributed by atoms with Gasteiger partial charge >= 0.3 is 0 Å². The van der Waals surface area contributed by atoms with Crippen LogP contribution in [0.25, 0.3) is 0 Å². The van der Waals surface area contributed by atoms with Gasteiger partial charge in [0.05, 0.1) is 16.0 Å². The van der Waals surface area contributed by atoms with Gasteiger partial charge in [0.15, 0.2) is 0 Å². The Labute approximate surface area is 75.0 Å². The fraction of sp³-hybridized carbons (Fsp3) is 1.00. The van der Waals surface area contributed by atoms with Gasteiger partial charge in [0.2, 0.25) is 0 Å². The standard InChI is InChI=1S/C7H11BO4/c1-10-2-7-3-11-4(5(7)9)6(8)12-7/h4-6,9H,2-3H2,1H3/t4?,5-,6-,7+/m1/s1/i1TD/t1?,4?,5-,6-,7+. The molecule has 66 valence electrons. The van der Waals surface area contributed by atoms with Crippen molar-refractivity contribution < 1.29 is 22.1 Å². The van der Waals surface area contributed by atoms with Gasteiger partial charge in [-0.25, -0.2) is 0 Å². The van der Waals surface area contributed by atoms with Crippen molar-refractivity contribution in [1.82, 2.24) is 0 Å². The molecule has 2 rings (SSSR count). The van der Waals surface area contributed by atoms with Crippen LogP contribution in [0.2, 0.25) is 0 Å². The first-order chi connectivity index (χ1) is 6.55. The van der Waals surface area contributed by atoms with Gasteiger partial charge in [-0.05, 0) is 0 Å². The van der Waals surface area contributed by atoms with E-state index in [1.54, 1.807) is 0 Å². The molecule has 2 aliphatic rings. The number of hydrogen-bond donors (Lipinski definition) is 1. The first kappa shape index (κ1) is 6.37. The molecule has 12 heavy (non-hydrogen) atoms. The molecule has 0 saturated carbocycles. The molecular formula is C7H11BO4. The average Bonchev–Trinajstić information content (AvgIpc) is 2.54. The Bertz CT molecular complexity index is 230. The van der Waals surface area contributed by atoms with Crippen molar-refractivity contribution in [2.45, 2.75) is 23.8 Å². The van der Waals surface area contributed by atoms with Crippen molar-refractivity contribution in [1.29, 1.82) is 0 Å². The summed E-state index contributed by atoms with van der Waals surface area (Å²) >= 11 is 0. The monoisotopic (exact) mass is 173 g/mol. The molecule has 0 aromatic rings. The molecule has 2 unspecified atom stereocenters. The third kappa shape index (κ3) is 0.940. The minimum Gasteiger partial charge on any atom is -0.387 e. The second-order valence-electron chi connectivity index (χ2n) is 3.18. The van der Waals surface area contributed by atoms with E-state index in [0.29, 0.717) is 0 Å². The lowest BCUT2D eigenvalue weighted by Crippen LogP contribution is -2.45. The highest BCUT2D eigenvalue weighted by Crippen LogP contribution is 2.38. The highest BCUT2D eigenvalue weighted by Gasteiger charge is 2.59. The van der Waals surface area contributed by atoms with E-state index in [-0.39, 0.29) is 13.2 Å². The first-order valence-corrected chi connectivity index (χ1v) is 3.74. The molecular weight excluding hydrogens is 159 g/mol. The molecule has 2 aliphatic heterocycles. The molecule has 2 bridgehead atoms. The third-order valence-electron chi connectivity index (χ3n) is 2.39. The summed E-state index contributed by atoms with van der Waals surface area (Å²) in [4.78, 5) is 0. The zero-order valence-corrected chi connectivity index (χ0v) is 6.47. The number of rotatable bonds is 2. The molecule has 2 fully saturated rings. The average molecular weight is 173 g/mol. The predicted molar refractivity (Wildman–Crippen MR) is 41.0 cm³/mol. The lowest BCUT2D eigenvalue weighted by molar-refractivity contribution is -0.142. The number of fused-ring (bicyclic) bond motifs is 2. The summed E-state index contributed by atoms with van der Waals surface area (Å²) < 4.78 is 29.0. The van der Waals surface area contributed by atoms with Crippen LogP contribution in [-0.4, -0.2) is 57.0 Å². The molecule has 0 aromatic carbocycles. The van der Waals surface area contributed by atoms with Gasteiger partial charge in [0.1, 0.15) is 25.7 Å². The normalized spacial score (nSPS) is 56.6. The van der Waals surface area contributed by atoms with Crippen LogP contribution in [0.3, 0.4) is 0 Å². The largest absolute Gasteiger partial charge is 0.387 e. The summed E-state index contributed by atoms with van der Waals surface area (Å²) in [7, 11) is 4.15. The van der Waals surface area contributed by atoms with Crippen molar-refractivity contribution in [2.24, 2.45) is 0 Å². The van der Waals surface area contributed by atoms with Crippen molar-refractivity contribution in [3.05, 3.63) is 0 Å². The molecule has 0 aliphatic carbocycles. The predicted octanol–water partition coefficient (Wildman–Crippen LogP) is -1.34. The molecule has 5 heteroatoms. The van der Waals surface area contributed by atoms with E-state index in [2.05, 4.69) is 0 Å². The number of methoxy groups -OCH3 is 1. The van der Waals surface area contributed by atoms with Crippen molar-refractivity contribution in [3.63, 3.8) is 0 Å². The van der Waals surface area contributed by atoms with E-state index in [4.69, 9.17) is 24.8 Å². The molecule has 0 spiro atoms. The van der Waals surface area contributed by atoms with E-state index in [1.165, 1.54) is 0 Å². The van der Waals surface area contributed by atoms with Crippen LogP contribution in [0.4, 0.5) is 0 Å². The Morgan fingerprint density at radius 1 is 2.08 bits per heavy atom. The highest BCUT2D eigenvalue weighted by atomic mass is 16.6. The number of aliphatic hydroxyl groups is 1. The molecule has 4 nitrogen and oxygen atoms in total. The summed E-state index contributed by atoms with van der Waals surface area (Å²) in [5.74, 6) is 0. The molecule has 1 N–H and O–H groups in total. The zero-order chi connectivity index (χ0) is 10.3. The maximum atomic E-state index is 9.73. The van der Waals surface area contributed by atoms with Gasteiger partial charge in [0.25, 0.3) is 0 Å². The summed E-state index contributed by atoms with van der Waals surface area (Å²) in [6, 6.07) is -0.655. The minimum atomic E-state index is -1.39. The topological polar surface area (TPSA) is 47.9 Å². The van der Waals surface area contributed by atoms with Crippen LogP contribution in [0, 0.1) is 0 Å². The van der Waals surface area contributed by atoms with E-state index >= 15 is 0 Å². The number of aliphatic hydroxyl groups excluding tert-OH is 1.